The van der Waals surface area contributed by atoms with Gasteiger partial charge in [-0.1, -0.05) is 36.4 Å². The quantitative estimate of drug-likeness (QED) is 0.512. The van der Waals surface area contributed by atoms with Gasteiger partial charge in [0.1, 0.15) is 11.5 Å². The van der Waals surface area contributed by atoms with E-state index in [1.807, 2.05) is 48.6 Å². The number of aliphatic carboxylic acids is 1. The standard InChI is InChI=1S/C26H26N2O5/c1-31-25-13-18(7-12-24(25)33-17-23(28)20-5-3-2-4-6-20)16-32-22-10-8-19(9-11-22)21(15-27)14-26(29)30/h2-12,18,21,28H,13-14,16-17H2,1H3,(H,29,30)/p+1. The van der Waals surface area contributed by atoms with E-state index in [4.69, 9.17) is 24.7 Å². The van der Waals surface area contributed by atoms with Crippen LogP contribution in [0.1, 0.15) is 29.9 Å². The molecule has 1 aliphatic carbocycles. The van der Waals surface area contributed by atoms with E-state index in [1.54, 1.807) is 31.4 Å². The molecule has 0 spiro atoms. The van der Waals surface area contributed by atoms with Crippen LogP contribution in [0.25, 0.3) is 0 Å². The molecule has 7 heteroatoms. The Morgan fingerprint density at radius 1 is 1.18 bits per heavy atom. The molecule has 0 bridgehead atoms. The van der Waals surface area contributed by atoms with Gasteiger partial charge in [-0.25, -0.2) is 0 Å². The third kappa shape index (κ3) is 6.71. The van der Waals surface area contributed by atoms with Crippen molar-refractivity contribution in [2.75, 3.05) is 20.3 Å². The molecule has 3 N–H and O–H groups in total. The number of carbonyl (C=O) groups is 1. The van der Waals surface area contributed by atoms with Crippen LogP contribution in [0.2, 0.25) is 0 Å². The number of allylic oxidation sites excluding steroid dienone is 2. The molecule has 0 radical (unpaired) electrons. The van der Waals surface area contributed by atoms with Gasteiger partial charge in [-0.3, -0.25) is 10.2 Å². The van der Waals surface area contributed by atoms with Crippen LogP contribution in [0.5, 0.6) is 5.75 Å². The predicted octanol–water partition coefficient (Wildman–Crippen LogP) is 2.85. The molecule has 2 aromatic carbocycles. The fourth-order valence-corrected chi connectivity index (χ4v) is 3.45. The van der Waals surface area contributed by atoms with Crippen LogP contribution >= 0.6 is 0 Å². The zero-order valence-electron chi connectivity index (χ0n) is 18.4. The molecule has 170 valence electrons. The molecule has 0 saturated heterocycles. The molecule has 0 aromatic heterocycles. The normalized spacial score (nSPS) is 15.9. The lowest BCUT2D eigenvalue weighted by atomic mass is 9.97. The lowest BCUT2D eigenvalue weighted by Gasteiger charge is -2.22. The van der Waals surface area contributed by atoms with E-state index in [-0.39, 0.29) is 18.9 Å². The molecule has 0 saturated carbocycles. The van der Waals surface area contributed by atoms with E-state index in [2.05, 4.69) is 0 Å². The molecular formula is C26H27N2O5+. The van der Waals surface area contributed by atoms with Gasteiger partial charge in [0, 0.05) is 17.9 Å². The van der Waals surface area contributed by atoms with E-state index >= 15 is 0 Å². The van der Waals surface area contributed by atoms with Crippen LogP contribution in [0.15, 0.2) is 78.3 Å². The van der Waals surface area contributed by atoms with Gasteiger partial charge >= 0.3 is 5.97 Å². The van der Waals surface area contributed by atoms with Crippen molar-refractivity contribution in [3.05, 3.63) is 89.4 Å². The maximum Gasteiger partial charge on any atom is 0.305 e. The number of hydrogen-bond donors (Lipinski definition) is 2. The average molecular weight is 448 g/mol. The lowest BCUT2D eigenvalue weighted by molar-refractivity contribution is -0.137. The number of rotatable bonds is 11. The molecule has 0 aliphatic heterocycles. The number of hydrogen-bond acceptors (Lipinski definition) is 5. The topological polar surface area (TPSA) is 114 Å². The van der Waals surface area contributed by atoms with Crippen molar-refractivity contribution in [2.45, 2.75) is 18.8 Å². The summed E-state index contributed by atoms with van der Waals surface area (Å²) in [6.45, 7) is 0.695. The highest BCUT2D eigenvalue weighted by atomic mass is 16.5. The van der Waals surface area contributed by atoms with Crippen LogP contribution in [-0.2, 0) is 14.3 Å². The van der Waals surface area contributed by atoms with Crippen molar-refractivity contribution in [1.82, 2.24) is 0 Å². The van der Waals surface area contributed by atoms with E-state index in [0.717, 1.165) is 11.3 Å². The zero-order chi connectivity index (χ0) is 23.6. The Kier molecular flexibility index (Phi) is 8.25. The van der Waals surface area contributed by atoms with Crippen LogP contribution in [-0.4, -0.2) is 37.1 Å². The van der Waals surface area contributed by atoms with Crippen molar-refractivity contribution >= 4 is 11.7 Å². The second-order valence-corrected chi connectivity index (χ2v) is 7.65. The lowest BCUT2D eigenvalue weighted by Crippen LogP contribution is -2.43. The number of nitrogens with zero attached hydrogens (tertiary/aromatic N) is 1. The Balaban J connectivity index is 1.52. The first-order valence-corrected chi connectivity index (χ1v) is 10.6. The van der Waals surface area contributed by atoms with Gasteiger partial charge in [0.2, 0.25) is 5.71 Å². The van der Waals surface area contributed by atoms with E-state index in [0.29, 0.717) is 35.8 Å². The molecule has 7 nitrogen and oxygen atoms in total. The number of benzene rings is 2. The van der Waals surface area contributed by atoms with Crippen LogP contribution in [0, 0.1) is 17.2 Å². The summed E-state index contributed by atoms with van der Waals surface area (Å²) >= 11 is 0. The number of carboxylic acid groups (broad SMARTS) is 1. The Labute approximate surface area is 193 Å². The molecular weight excluding hydrogens is 420 g/mol. The highest BCUT2D eigenvalue weighted by molar-refractivity contribution is 5.96. The smallest absolute Gasteiger partial charge is 0.305 e. The Morgan fingerprint density at radius 2 is 1.91 bits per heavy atom. The summed E-state index contributed by atoms with van der Waals surface area (Å²) < 4.78 is 17.3. The van der Waals surface area contributed by atoms with Gasteiger partial charge in [-0.05, 0) is 35.9 Å². The second-order valence-electron chi connectivity index (χ2n) is 7.65. The highest BCUT2D eigenvalue weighted by Crippen LogP contribution is 2.27. The predicted molar refractivity (Wildman–Crippen MR) is 122 cm³/mol. The molecule has 0 fully saturated rings. The number of carboxylic acids is 1. The molecule has 2 atom stereocenters. The van der Waals surface area contributed by atoms with Crippen molar-refractivity contribution in [3.8, 4) is 11.8 Å². The van der Waals surface area contributed by atoms with Crippen LogP contribution in [0.4, 0.5) is 0 Å². The first kappa shape index (κ1) is 23.6. The highest BCUT2D eigenvalue weighted by Gasteiger charge is 2.21. The molecule has 3 rings (SSSR count). The van der Waals surface area contributed by atoms with Crippen molar-refractivity contribution < 1.29 is 29.5 Å². The summed E-state index contributed by atoms with van der Waals surface area (Å²) in [5.41, 5.74) is 2.23. The van der Waals surface area contributed by atoms with Gasteiger partial charge in [0.25, 0.3) is 0 Å². The molecule has 2 unspecified atom stereocenters. The van der Waals surface area contributed by atoms with E-state index in [9.17, 15) is 10.1 Å². The summed E-state index contributed by atoms with van der Waals surface area (Å²) in [6.07, 6.45) is 4.29. The number of nitriles is 1. The Morgan fingerprint density at radius 3 is 2.55 bits per heavy atom. The maximum absolute atomic E-state index is 10.9. The van der Waals surface area contributed by atoms with Gasteiger partial charge in [0.15, 0.2) is 12.4 Å². The van der Waals surface area contributed by atoms with Crippen LogP contribution < -0.4 is 10.1 Å². The summed E-state index contributed by atoms with van der Waals surface area (Å²) in [5.74, 6) is 0.442. The van der Waals surface area contributed by atoms with Crippen molar-refractivity contribution in [3.63, 3.8) is 0 Å². The maximum atomic E-state index is 10.9. The number of ether oxygens (including phenoxy) is 3. The number of nitrogens with two attached hydrogens (primary N) is 1. The van der Waals surface area contributed by atoms with Crippen molar-refractivity contribution in [2.24, 2.45) is 5.92 Å². The SMILES string of the molecule is COC1=C(OCC(=[NH2+])c2ccccc2)C=CC(COc2ccc(C(C#N)CC(=O)O)cc2)C1. The minimum atomic E-state index is -1.00. The third-order valence-corrected chi connectivity index (χ3v) is 5.30. The summed E-state index contributed by atoms with van der Waals surface area (Å²) in [5, 5.41) is 24.2. The minimum absolute atomic E-state index is 0.0984. The molecule has 0 amide bonds. The van der Waals surface area contributed by atoms with Gasteiger partial charge in [-0.2, -0.15) is 5.26 Å². The van der Waals surface area contributed by atoms with Gasteiger partial charge < -0.3 is 19.3 Å². The Bertz CT molecular complexity index is 1070. The summed E-state index contributed by atoms with van der Waals surface area (Å²) in [7, 11) is 1.61. The largest absolute Gasteiger partial charge is 0.497 e. The second kappa shape index (κ2) is 11.5. The molecule has 33 heavy (non-hydrogen) atoms. The van der Waals surface area contributed by atoms with Crippen LogP contribution in [0.3, 0.4) is 0 Å². The van der Waals surface area contributed by atoms with E-state index in [1.165, 1.54) is 0 Å². The monoisotopic (exact) mass is 447 g/mol. The summed E-state index contributed by atoms with van der Waals surface area (Å²) in [6, 6.07) is 18.6. The van der Waals surface area contributed by atoms with Gasteiger partial charge in [-0.15, -0.1) is 0 Å². The summed E-state index contributed by atoms with van der Waals surface area (Å²) in [4.78, 5) is 10.9. The average Bonchev–Trinajstić information content (AvgIpc) is 2.85. The number of methoxy groups -OCH3 is 1. The fourth-order valence-electron chi connectivity index (χ4n) is 3.45. The zero-order valence-corrected chi connectivity index (χ0v) is 18.4. The van der Waals surface area contributed by atoms with Gasteiger partial charge in [0.05, 0.1) is 32.1 Å². The third-order valence-electron chi connectivity index (χ3n) is 5.30. The first-order valence-electron chi connectivity index (χ1n) is 10.6. The first-order chi connectivity index (χ1) is 16.0. The van der Waals surface area contributed by atoms with Crippen molar-refractivity contribution in [1.29, 1.82) is 5.26 Å². The fraction of sp³-hybridized carbons (Fsp3) is 0.269. The molecule has 2 aromatic rings. The Hall–Kier alpha value is -4.05. The minimum Gasteiger partial charge on any atom is -0.497 e. The molecule has 0 heterocycles. The van der Waals surface area contributed by atoms with E-state index < -0.39 is 11.9 Å². The molecule has 1 aliphatic rings.